The van der Waals surface area contributed by atoms with Gasteiger partial charge in [0.1, 0.15) is 5.82 Å². The number of pyridine rings is 1. The summed E-state index contributed by atoms with van der Waals surface area (Å²) in [6.07, 6.45) is 3.85. The van der Waals surface area contributed by atoms with Crippen LogP contribution in [-0.2, 0) is 12.8 Å². The average Bonchev–Trinajstić information content (AvgIpc) is 2.38. The lowest BCUT2D eigenvalue weighted by Crippen LogP contribution is -1.95. The van der Waals surface area contributed by atoms with Crippen LogP contribution in [0.25, 0.3) is 11.1 Å². The van der Waals surface area contributed by atoms with Crippen molar-refractivity contribution in [1.82, 2.24) is 4.98 Å². The van der Waals surface area contributed by atoms with Crippen LogP contribution >= 0.6 is 0 Å². The summed E-state index contributed by atoms with van der Waals surface area (Å²) in [6, 6.07) is 10.5. The van der Waals surface area contributed by atoms with E-state index in [9.17, 15) is 0 Å². The molecule has 17 heavy (non-hydrogen) atoms. The topological polar surface area (TPSA) is 38.9 Å². The van der Waals surface area contributed by atoms with Gasteiger partial charge in [-0.15, -0.1) is 0 Å². The Morgan fingerprint density at radius 3 is 2.47 bits per heavy atom. The molecular formula is C15H18N2. The fraction of sp³-hybridized carbons (Fsp3) is 0.267. The normalized spacial score (nSPS) is 10.5. The molecule has 0 saturated heterocycles. The van der Waals surface area contributed by atoms with Crippen molar-refractivity contribution in [2.75, 3.05) is 5.73 Å². The quantitative estimate of drug-likeness (QED) is 0.870. The molecule has 2 nitrogen and oxygen atoms in total. The van der Waals surface area contributed by atoms with Crippen LogP contribution in [0.1, 0.15) is 25.0 Å². The average molecular weight is 226 g/mol. The maximum absolute atomic E-state index is 5.90. The number of aromatic nitrogens is 1. The number of nitrogen functional groups attached to an aromatic ring is 1. The minimum Gasteiger partial charge on any atom is -0.383 e. The highest BCUT2D eigenvalue weighted by Gasteiger charge is 2.05. The van der Waals surface area contributed by atoms with Gasteiger partial charge in [0, 0.05) is 11.8 Å². The molecule has 0 fully saturated rings. The lowest BCUT2D eigenvalue weighted by Gasteiger charge is -2.10. The second-order valence-corrected chi connectivity index (χ2v) is 4.13. The van der Waals surface area contributed by atoms with Crippen molar-refractivity contribution < 1.29 is 0 Å². The summed E-state index contributed by atoms with van der Waals surface area (Å²) in [7, 11) is 0. The highest BCUT2D eigenvalue weighted by Crippen LogP contribution is 2.26. The highest BCUT2D eigenvalue weighted by molar-refractivity contribution is 5.74. The lowest BCUT2D eigenvalue weighted by atomic mass is 9.97. The lowest BCUT2D eigenvalue weighted by molar-refractivity contribution is 1.04. The van der Waals surface area contributed by atoms with E-state index in [0.717, 1.165) is 24.0 Å². The van der Waals surface area contributed by atoms with Crippen LogP contribution in [-0.4, -0.2) is 4.98 Å². The van der Waals surface area contributed by atoms with Crippen molar-refractivity contribution in [2.45, 2.75) is 26.7 Å². The molecule has 0 bridgehead atoms. The largest absolute Gasteiger partial charge is 0.383 e. The summed E-state index contributed by atoms with van der Waals surface area (Å²) in [4.78, 5) is 4.13. The first kappa shape index (κ1) is 11.6. The predicted octanol–water partition coefficient (Wildman–Crippen LogP) is 3.46. The second-order valence-electron chi connectivity index (χ2n) is 4.13. The Kier molecular flexibility index (Phi) is 3.43. The zero-order chi connectivity index (χ0) is 12.3. The smallest absolute Gasteiger partial charge is 0.131 e. The fourth-order valence-corrected chi connectivity index (χ4v) is 2.13. The summed E-state index contributed by atoms with van der Waals surface area (Å²) in [5.41, 5.74) is 10.9. The van der Waals surface area contributed by atoms with E-state index in [1.165, 1.54) is 11.1 Å². The molecule has 1 aromatic carbocycles. The zero-order valence-corrected chi connectivity index (χ0v) is 10.4. The Labute approximate surface area is 103 Å². The van der Waals surface area contributed by atoms with Gasteiger partial charge >= 0.3 is 0 Å². The number of hydrogen-bond acceptors (Lipinski definition) is 2. The zero-order valence-electron chi connectivity index (χ0n) is 10.4. The Bertz CT molecular complexity index is 518. The van der Waals surface area contributed by atoms with Gasteiger partial charge < -0.3 is 5.73 Å². The van der Waals surface area contributed by atoms with E-state index in [4.69, 9.17) is 5.73 Å². The molecule has 2 heteroatoms. The van der Waals surface area contributed by atoms with Gasteiger partial charge in [-0.05, 0) is 41.7 Å². The van der Waals surface area contributed by atoms with Crippen LogP contribution in [0, 0.1) is 0 Å². The van der Waals surface area contributed by atoms with Crippen molar-refractivity contribution >= 4 is 5.82 Å². The van der Waals surface area contributed by atoms with E-state index in [-0.39, 0.29) is 0 Å². The Balaban J connectivity index is 2.50. The van der Waals surface area contributed by atoms with E-state index in [0.29, 0.717) is 5.82 Å². The Morgan fingerprint density at radius 1 is 1.06 bits per heavy atom. The molecule has 2 rings (SSSR count). The minimum absolute atomic E-state index is 0.596. The van der Waals surface area contributed by atoms with Gasteiger partial charge in [-0.1, -0.05) is 32.0 Å². The first-order chi connectivity index (χ1) is 8.26. The number of nitrogens with two attached hydrogens (primary N) is 1. The molecule has 0 unspecified atom stereocenters. The predicted molar refractivity (Wildman–Crippen MR) is 72.8 cm³/mol. The SMILES string of the molecule is CCc1ccc(-c2cccnc2N)cc1CC. The van der Waals surface area contributed by atoms with Crippen molar-refractivity contribution in [3.05, 3.63) is 47.7 Å². The van der Waals surface area contributed by atoms with Gasteiger partial charge in [0.2, 0.25) is 0 Å². The molecule has 0 aliphatic rings. The molecule has 0 saturated carbocycles. The van der Waals surface area contributed by atoms with Crippen molar-refractivity contribution in [1.29, 1.82) is 0 Å². The van der Waals surface area contributed by atoms with E-state index in [1.807, 2.05) is 12.1 Å². The van der Waals surface area contributed by atoms with Crippen LogP contribution in [0.3, 0.4) is 0 Å². The molecule has 88 valence electrons. The standard InChI is InChI=1S/C15H18N2/c1-3-11-7-8-13(10-12(11)4-2)14-6-5-9-17-15(14)16/h5-10H,3-4H2,1-2H3,(H2,16,17). The maximum Gasteiger partial charge on any atom is 0.131 e. The van der Waals surface area contributed by atoms with Crippen LogP contribution in [0.15, 0.2) is 36.5 Å². The highest BCUT2D eigenvalue weighted by atomic mass is 14.8. The summed E-state index contributed by atoms with van der Waals surface area (Å²) < 4.78 is 0. The third-order valence-corrected chi connectivity index (χ3v) is 3.12. The summed E-state index contributed by atoms with van der Waals surface area (Å²) in [5.74, 6) is 0.596. The molecule has 1 aromatic heterocycles. The van der Waals surface area contributed by atoms with Gasteiger partial charge in [0.05, 0.1) is 0 Å². The maximum atomic E-state index is 5.90. The second kappa shape index (κ2) is 5.00. The van der Waals surface area contributed by atoms with E-state index >= 15 is 0 Å². The molecule has 0 spiro atoms. The van der Waals surface area contributed by atoms with E-state index in [2.05, 4.69) is 37.0 Å². The molecule has 0 aliphatic carbocycles. The molecule has 2 aromatic rings. The van der Waals surface area contributed by atoms with Crippen molar-refractivity contribution in [3.8, 4) is 11.1 Å². The first-order valence-corrected chi connectivity index (χ1v) is 6.09. The van der Waals surface area contributed by atoms with Gasteiger partial charge in [-0.2, -0.15) is 0 Å². The monoisotopic (exact) mass is 226 g/mol. The van der Waals surface area contributed by atoms with Gasteiger partial charge in [0.25, 0.3) is 0 Å². The van der Waals surface area contributed by atoms with Gasteiger partial charge in [-0.25, -0.2) is 4.98 Å². The van der Waals surface area contributed by atoms with Crippen LogP contribution in [0.4, 0.5) is 5.82 Å². The van der Waals surface area contributed by atoms with Crippen LogP contribution in [0.2, 0.25) is 0 Å². The molecule has 0 radical (unpaired) electrons. The van der Waals surface area contributed by atoms with Gasteiger partial charge in [0.15, 0.2) is 0 Å². The molecule has 2 N–H and O–H groups in total. The van der Waals surface area contributed by atoms with Crippen molar-refractivity contribution in [3.63, 3.8) is 0 Å². The Morgan fingerprint density at radius 2 is 1.82 bits per heavy atom. The third-order valence-electron chi connectivity index (χ3n) is 3.12. The number of rotatable bonds is 3. The fourth-order valence-electron chi connectivity index (χ4n) is 2.13. The molecule has 0 atom stereocenters. The summed E-state index contributed by atoms with van der Waals surface area (Å²) in [5, 5.41) is 0. The van der Waals surface area contributed by atoms with Crippen molar-refractivity contribution in [2.24, 2.45) is 0 Å². The molecule has 0 aliphatic heterocycles. The van der Waals surface area contributed by atoms with E-state index < -0.39 is 0 Å². The molecule has 0 amide bonds. The third kappa shape index (κ3) is 2.31. The summed E-state index contributed by atoms with van der Waals surface area (Å²) >= 11 is 0. The number of nitrogens with zero attached hydrogens (tertiary/aromatic N) is 1. The minimum atomic E-state index is 0.596. The number of aryl methyl sites for hydroxylation is 2. The molecule has 1 heterocycles. The number of anilines is 1. The molecular weight excluding hydrogens is 208 g/mol. The Hall–Kier alpha value is -1.83. The van der Waals surface area contributed by atoms with E-state index in [1.54, 1.807) is 6.20 Å². The van der Waals surface area contributed by atoms with Crippen LogP contribution < -0.4 is 5.73 Å². The van der Waals surface area contributed by atoms with Crippen LogP contribution in [0.5, 0.6) is 0 Å². The summed E-state index contributed by atoms with van der Waals surface area (Å²) in [6.45, 7) is 4.37. The van der Waals surface area contributed by atoms with Gasteiger partial charge in [-0.3, -0.25) is 0 Å². The number of hydrogen-bond donors (Lipinski definition) is 1. The first-order valence-electron chi connectivity index (χ1n) is 6.09. The number of benzene rings is 1.